The molecule has 0 radical (unpaired) electrons. The molecule has 0 saturated carbocycles. The summed E-state index contributed by atoms with van der Waals surface area (Å²) in [5.41, 5.74) is 2.69. The van der Waals surface area contributed by atoms with Gasteiger partial charge in [-0.25, -0.2) is 4.98 Å². The number of anilines is 1. The lowest BCUT2D eigenvalue weighted by Gasteiger charge is -2.19. The van der Waals surface area contributed by atoms with E-state index in [1.54, 1.807) is 54.6 Å². The molecule has 0 saturated heterocycles. The minimum atomic E-state index is -4.44. The fourth-order valence-corrected chi connectivity index (χ4v) is 4.95. The largest absolute Gasteiger partial charge is 0.416 e. The first-order valence-electron chi connectivity index (χ1n) is 14.1. The second-order valence-corrected chi connectivity index (χ2v) is 10.3. The molecule has 1 atom stereocenters. The van der Waals surface area contributed by atoms with Gasteiger partial charge < -0.3 is 10.6 Å². The van der Waals surface area contributed by atoms with Gasteiger partial charge in [-0.05, 0) is 71.6 Å². The smallest absolute Gasteiger partial charge is 0.345 e. The first kappa shape index (κ1) is 29.5. The van der Waals surface area contributed by atoms with Gasteiger partial charge in [0, 0.05) is 16.5 Å². The highest BCUT2D eigenvalue weighted by atomic mass is 19.4. The molecule has 43 heavy (non-hydrogen) atoms. The zero-order valence-electron chi connectivity index (χ0n) is 23.5. The second kappa shape index (κ2) is 12.9. The highest BCUT2D eigenvalue weighted by Crippen LogP contribution is 2.32. The number of aromatic nitrogens is 1. The van der Waals surface area contributed by atoms with Crippen LogP contribution in [0.3, 0.4) is 0 Å². The van der Waals surface area contributed by atoms with E-state index in [2.05, 4.69) is 22.5 Å². The maximum absolute atomic E-state index is 13.2. The third-order valence-corrected chi connectivity index (χ3v) is 7.24. The molecule has 0 bridgehead atoms. The number of fused-ring (bicyclic) bond motifs is 1. The van der Waals surface area contributed by atoms with Crippen molar-refractivity contribution in [3.63, 3.8) is 0 Å². The van der Waals surface area contributed by atoms with Crippen molar-refractivity contribution in [2.45, 2.75) is 38.4 Å². The van der Waals surface area contributed by atoms with Gasteiger partial charge in [0.05, 0.1) is 17.1 Å². The van der Waals surface area contributed by atoms with Gasteiger partial charge in [0.1, 0.15) is 5.82 Å². The van der Waals surface area contributed by atoms with E-state index in [1.807, 2.05) is 30.3 Å². The van der Waals surface area contributed by atoms with Crippen LogP contribution in [0.5, 0.6) is 0 Å². The van der Waals surface area contributed by atoms with Crippen molar-refractivity contribution in [1.82, 2.24) is 10.3 Å². The number of halogens is 3. The number of pyridine rings is 1. The van der Waals surface area contributed by atoms with E-state index >= 15 is 0 Å². The first-order chi connectivity index (χ1) is 20.7. The van der Waals surface area contributed by atoms with Crippen molar-refractivity contribution in [3.05, 3.63) is 131 Å². The van der Waals surface area contributed by atoms with Crippen LogP contribution in [0.25, 0.3) is 22.0 Å². The van der Waals surface area contributed by atoms with Gasteiger partial charge in [-0.1, -0.05) is 80.4 Å². The van der Waals surface area contributed by atoms with Crippen LogP contribution in [-0.2, 0) is 6.18 Å². The molecule has 0 aliphatic heterocycles. The van der Waals surface area contributed by atoms with Crippen LogP contribution in [0.1, 0.15) is 64.1 Å². The Bertz CT molecular complexity index is 1740. The fraction of sp³-hybridized carbons (Fsp3) is 0.171. The fourth-order valence-electron chi connectivity index (χ4n) is 4.95. The summed E-state index contributed by atoms with van der Waals surface area (Å²) >= 11 is 0. The average Bonchev–Trinajstić information content (AvgIpc) is 3.02. The normalized spacial score (nSPS) is 12.1. The maximum Gasteiger partial charge on any atom is 0.416 e. The van der Waals surface area contributed by atoms with Crippen molar-refractivity contribution in [1.29, 1.82) is 0 Å². The van der Waals surface area contributed by atoms with Gasteiger partial charge in [-0.2, -0.15) is 13.2 Å². The highest BCUT2D eigenvalue weighted by molar-refractivity contribution is 6.08. The van der Waals surface area contributed by atoms with Gasteiger partial charge in [0.25, 0.3) is 11.8 Å². The molecule has 4 aromatic carbocycles. The summed E-state index contributed by atoms with van der Waals surface area (Å²) in [5.74, 6) is -0.317. The first-order valence-corrected chi connectivity index (χ1v) is 14.1. The van der Waals surface area contributed by atoms with Crippen LogP contribution in [0, 0.1) is 0 Å². The van der Waals surface area contributed by atoms with E-state index in [1.165, 1.54) is 12.1 Å². The number of hydrogen-bond donors (Lipinski definition) is 2. The Morgan fingerprint density at radius 3 is 2.26 bits per heavy atom. The highest BCUT2D eigenvalue weighted by Gasteiger charge is 2.30. The quantitative estimate of drug-likeness (QED) is 0.183. The van der Waals surface area contributed by atoms with Crippen molar-refractivity contribution in [3.8, 4) is 11.1 Å². The molecule has 1 aromatic heterocycles. The lowest BCUT2D eigenvalue weighted by Crippen LogP contribution is -2.28. The summed E-state index contributed by atoms with van der Waals surface area (Å²) in [6, 6.07) is 29.9. The topological polar surface area (TPSA) is 71.1 Å². The Hall–Kier alpha value is -4.98. The number of carbonyl (C=O) groups excluding carboxylic acids is 2. The molecule has 2 N–H and O–H groups in total. The number of carbonyl (C=O) groups is 2. The molecule has 0 spiro atoms. The van der Waals surface area contributed by atoms with Gasteiger partial charge in [-0.3, -0.25) is 9.59 Å². The molecule has 5 aromatic rings. The number of rotatable bonds is 9. The molecule has 5 rings (SSSR count). The van der Waals surface area contributed by atoms with Crippen molar-refractivity contribution in [2.75, 3.05) is 5.32 Å². The van der Waals surface area contributed by atoms with Crippen LogP contribution in [0.2, 0.25) is 0 Å². The molecule has 2 amide bonds. The van der Waals surface area contributed by atoms with Crippen LogP contribution in [0.4, 0.5) is 19.0 Å². The molecule has 1 unspecified atom stereocenters. The minimum absolute atomic E-state index is 0.0921. The summed E-state index contributed by atoms with van der Waals surface area (Å²) in [6.07, 6.45) is -1.58. The van der Waals surface area contributed by atoms with Crippen LogP contribution in [0.15, 0.2) is 109 Å². The summed E-state index contributed by atoms with van der Waals surface area (Å²) in [6.45, 7) is 2.12. The Morgan fingerprint density at radius 2 is 1.53 bits per heavy atom. The lowest BCUT2D eigenvalue weighted by atomic mass is 9.98. The third kappa shape index (κ3) is 7.09. The Kier molecular flexibility index (Phi) is 8.85. The minimum Gasteiger partial charge on any atom is -0.345 e. The molecular formula is C35H30F3N3O2. The number of benzene rings is 4. The monoisotopic (exact) mass is 581 g/mol. The van der Waals surface area contributed by atoms with E-state index in [-0.39, 0.29) is 11.9 Å². The SMILES string of the molecule is CCCCC(NC(=O)c1ccc2nc(NC(=O)c3ccccc3-c3ccc(C(F)(F)F)cc3)ccc2c1)c1ccccc1. The zero-order valence-corrected chi connectivity index (χ0v) is 23.5. The molecule has 218 valence electrons. The molecule has 1 heterocycles. The number of amides is 2. The number of hydrogen-bond acceptors (Lipinski definition) is 3. The van der Waals surface area contributed by atoms with E-state index in [0.717, 1.165) is 42.3 Å². The van der Waals surface area contributed by atoms with E-state index in [9.17, 15) is 22.8 Å². The maximum atomic E-state index is 13.2. The number of nitrogens with one attached hydrogen (secondary N) is 2. The summed E-state index contributed by atoms with van der Waals surface area (Å²) in [5, 5.41) is 6.69. The standard InChI is InChI=1S/C35H30F3N3O2/c1-2-3-13-30(24-9-5-4-6-10-24)40-33(42)26-16-20-31-25(22-26)17-21-32(39-31)41-34(43)29-12-8-7-11-28(29)23-14-18-27(19-15-23)35(36,37)38/h4-12,14-22,30H,2-3,13H2,1H3,(H,40,42)(H,39,41,43). The van der Waals surface area contributed by atoms with Crippen molar-refractivity contribution < 1.29 is 22.8 Å². The van der Waals surface area contributed by atoms with Crippen molar-refractivity contribution in [2.24, 2.45) is 0 Å². The summed E-state index contributed by atoms with van der Waals surface area (Å²) in [7, 11) is 0. The predicted molar refractivity (Wildman–Crippen MR) is 163 cm³/mol. The van der Waals surface area contributed by atoms with E-state index in [4.69, 9.17) is 0 Å². The Labute approximate surface area is 247 Å². The van der Waals surface area contributed by atoms with Crippen LogP contribution >= 0.6 is 0 Å². The zero-order chi connectivity index (χ0) is 30.4. The van der Waals surface area contributed by atoms with E-state index < -0.39 is 17.6 Å². The Balaban J connectivity index is 1.32. The number of alkyl halides is 3. The molecule has 0 fully saturated rings. The van der Waals surface area contributed by atoms with Gasteiger partial charge in [-0.15, -0.1) is 0 Å². The molecular weight excluding hydrogens is 551 g/mol. The van der Waals surface area contributed by atoms with Crippen LogP contribution in [-0.4, -0.2) is 16.8 Å². The predicted octanol–water partition coefficient (Wildman–Crippen LogP) is 8.83. The summed E-state index contributed by atoms with van der Waals surface area (Å²) in [4.78, 5) is 30.9. The van der Waals surface area contributed by atoms with E-state index in [0.29, 0.717) is 33.6 Å². The third-order valence-electron chi connectivity index (χ3n) is 7.24. The number of nitrogens with zero attached hydrogens (tertiary/aromatic N) is 1. The van der Waals surface area contributed by atoms with Crippen molar-refractivity contribution >= 4 is 28.5 Å². The Morgan fingerprint density at radius 1 is 0.814 bits per heavy atom. The molecule has 0 aliphatic rings. The molecule has 0 aliphatic carbocycles. The van der Waals surface area contributed by atoms with Gasteiger partial charge >= 0.3 is 6.18 Å². The summed E-state index contributed by atoms with van der Waals surface area (Å²) < 4.78 is 39.0. The van der Waals surface area contributed by atoms with Gasteiger partial charge in [0.2, 0.25) is 0 Å². The average molecular weight is 582 g/mol. The second-order valence-electron chi connectivity index (χ2n) is 10.3. The molecule has 5 nitrogen and oxygen atoms in total. The number of unbranched alkanes of at least 4 members (excludes halogenated alkanes) is 1. The van der Waals surface area contributed by atoms with Crippen LogP contribution < -0.4 is 10.6 Å². The lowest BCUT2D eigenvalue weighted by molar-refractivity contribution is -0.137. The molecule has 8 heteroatoms. The van der Waals surface area contributed by atoms with Gasteiger partial charge in [0.15, 0.2) is 0 Å².